The molecule has 0 atom stereocenters. The SMILES string of the molecule is c1cc(-c2ccc(-c3ccc(-c4ccc(-c5ccc(-c6ccc(-c7ccc(-c8ccsc8)s7)s6)s5)s4)s3)s2)cs1. The maximum absolute atomic E-state index is 2.28. The van der Waals surface area contributed by atoms with E-state index >= 15 is 0 Å². The Morgan fingerprint density at radius 3 is 0.700 bits per heavy atom. The fourth-order valence-electron chi connectivity index (χ4n) is 4.47. The minimum atomic E-state index is 1.32. The molecule has 0 nitrogen and oxygen atoms in total. The molecule has 8 heterocycles. The second kappa shape index (κ2) is 10.8. The van der Waals surface area contributed by atoms with Gasteiger partial charge in [0.25, 0.3) is 0 Å². The van der Waals surface area contributed by atoms with Gasteiger partial charge in [-0.3, -0.25) is 0 Å². The first kappa shape index (κ1) is 25.3. The first-order chi connectivity index (χ1) is 19.8. The van der Waals surface area contributed by atoms with Crippen LogP contribution in [-0.2, 0) is 0 Å². The van der Waals surface area contributed by atoms with Crippen molar-refractivity contribution in [1.29, 1.82) is 0 Å². The van der Waals surface area contributed by atoms with Crippen molar-refractivity contribution >= 4 is 90.7 Å². The highest BCUT2D eigenvalue weighted by Gasteiger charge is 2.14. The summed E-state index contributed by atoms with van der Waals surface area (Å²) < 4.78 is 0. The lowest BCUT2D eigenvalue weighted by Crippen LogP contribution is -1.59. The van der Waals surface area contributed by atoms with Gasteiger partial charge < -0.3 is 0 Å². The summed E-state index contributed by atoms with van der Waals surface area (Å²) >= 11 is 14.8. The van der Waals surface area contributed by atoms with Gasteiger partial charge in [-0.15, -0.1) is 68.0 Å². The third-order valence-corrected chi connectivity index (χ3v) is 15.4. The Morgan fingerprint density at radius 2 is 0.475 bits per heavy atom. The summed E-state index contributed by atoms with van der Waals surface area (Å²) in [6.07, 6.45) is 0. The van der Waals surface area contributed by atoms with Gasteiger partial charge in [0.05, 0.1) is 0 Å². The van der Waals surface area contributed by atoms with E-state index in [-0.39, 0.29) is 0 Å². The fourth-order valence-corrected chi connectivity index (χ4v) is 12.4. The Kier molecular flexibility index (Phi) is 6.82. The molecule has 8 aromatic rings. The zero-order valence-corrected chi connectivity index (χ0v) is 27.2. The van der Waals surface area contributed by atoms with Gasteiger partial charge in [-0.05, 0) is 106 Å². The molecular weight excluding hydrogens is 641 g/mol. The largest absolute Gasteiger partial charge is 0.152 e. The molecule has 8 aromatic heterocycles. The molecule has 8 heteroatoms. The van der Waals surface area contributed by atoms with E-state index in [0.717, 1.165) is 0 Å². The predicted molar refractivity (Wildman–Crippen MR) is 188 cm³/mol. The van der Waals surface area contributed by atoms with Crippen LogP contribution in [0.4, 0.5) is 0 Å². The van der Waals surface area contributed by atoms with E-state index in [1.54, 1.807) is 22.7 Å². The van der Waals surface area contributed by atoms with Crippen molar-refractivity contribution < 1.29 is 0 Å². The van der Waals surface area contributed by atoms with Gasteiger partial charge in [0.2, 0.25) is 0 Å². The van der Waals surface area contributed by atoms with Crippen molar-refractivity contribution in [2.75, 3.05) is 0 Å². The van der Waals surface area contributed by atoms with Crippen LogP contribution in [0.15, 0.2) is 106 Å². The first-order valence-electron chi connectivity index (χ1n) is 12.4. The number of hydrogen-bond acceptors (Lipinski definition) is 8. The molecule has 0 aliphatic heterocycles. The van der Waals surface area contributed by atoms with Crippen LogP contribution in [0.3, 0.4) is 0 Å². The van der Waals surface area contributed by atoms with E-state index in [4.69, 9.17) is 0 Å². The molecular formula is C32H18S8. The summed E-state index contributed by atoms with van der Waals surface area (Å²) in [5.74, 6) is 0. The van der Waals surface area contributed by atoms with E-state index in [2.05, 4.69) is 106 Å². The Balaban J connectivity index is 1.00. The molecule has 0 radical (unpaired) electrons. The van der Waals surface area contributed by atoms with Crippen LogP contribution in [0.2, 0.25) is 0 Å². The molecule has 0 N–H and O–H groups in total. The van der Waals surface area contributed by atoms with Crippen LogP contribution in [-0.4, -0.2) is 0 Å². The summed E-state index contributed by atoms with van der Waals surface area (Å²) in [5.41, 5.74) is 2.65. The summed E-state index contributed by atoms with van der Waals surface area (Å²) in [6, 6.07) is 31.7. The minimum absolute atomic E-state index is 1.32. The monoisotopic (exact) mass is 658 g/mol. The maximum Gasteiger partial charge on any atom is 0.0449 e. The van der Waals surface area contributed by atoms with Crippen molar-refractivity contribution in [3.8, 4) is 69.7 Å². The smallest absolute Gasteiger partial charge is 0.0449 e. The van der Waals surface area contributed by atoms with Crippen molar-refractivity contribution in [2.24, 2.45) is 0 Å². The lowest BCUT2D eigenvalue weighted by atomic mass is 10.3. The molecule has 194 valence electrons. The van der Waals surface area contributed by atoms with Gasteiger partial charge in [0.15, 0.2) is 0 Å². The second-order valence-electron chi connectivity index (χ2n) is 9.01. The molecule has 8 rings (SSSR count). The highest BCUT2D eigenvalue weighted by atomic mass is 32.1. The van der Waals surface area contributed by atoms with Crippen molar-refractivity contribution in [1.82, 2.24) is 0 Å². The molecule has 0 saturated carbocycles. The lowest BCUT2D eigenvalue weighted by Gasteiger charge is -1.93. The quantitative estimate of drug-likeness (QED) is 0.160. The predicted octanol–water partition coefficient (Wildman–Crippen LogP) is 13.8. The highest BCUT2D eigenvalue weighted by Crippen LogP contribution is 2.47. The summed E-state index contributed by atoms with van der Waals surface area (Å²) in [7, 11) is 0. The van der Waals surface area contributed by atoms with Crippen molar-refractivity contribution in [3.05, 3.63) is 106 Å². The lowest BCUT2D eigenvalue weighted by molar-refractivity contribution is 1.87. The normalized spacial score (nSPS) is 11.5. The highest BCUT2D eigenvalue weighted by molar-refractivity contribution is 7.31. The van der Waals surface area contributed by atoms with Crippen LogP contribution in [0.5, 0.6) is 0 Å². The van der Waals surface area contributed by atoms with Gasteiger partial charge in [0.1, 0.15) is 0 Å². The van der Waals surface area contributed by atoms with Crippen LogP contribution in [0.25, 0.3) is 69.7 Å². The topological polar surface area (TPSA) is 0 Å². The van der Waals surface area contributed by atoms with Gasteiger partial charge in [-0.1, -0.05) is 0 Å². The van der Waals surface area contributed by atoms with Crippen LogP contribution in [0, 0.1) is 0 Å². The molecule has 0 saturated heterocycles. The molecule has 0 fully saturated rings. The molecule has 0 bridgehead atoms. The summed E-state index contributed by atoms with van der Waals surface area (Å²) in [5, 5.41) is 8.74. The zero-order valence-electron chi connectivity index (χ0n) is 20.7. The van der Waals surface area contributed by atoms with Gasteiger partial charge in [-0.25, -0.2) is 0 Å². The molecule has 0 aliphatic rings. The van der Waals surface area contributed by atoms with Gasteiger partial charge in [-0.2, -0.15) is 22.7 Å². The standard InChI is InChI=1S/C32H18S8/c1-3-23(35-21(1)19-13-15-33-17-19)25-5-7-27(37-25)29-9-11-31(39-29)32-12-10-30(40-32)28-8-6-26(38-28)24-4-2-22(36-24)20-14-16-34-18-20/h1-18H. The molecule has 0 aromatic carbocycles. The Bertz CT molecular complexity index is 1860. The Morgan fingerprint density at radius 1 is 0.250 bits per heavy atom. The maximum atomic E-state index is 2.28. The average Bonchev–Trinajstić information content (AvgIpc) is 3.84. The van der Waals surface area contributed by atoms with E-state index < -0.39 is 0 Å². The zero-order chi connectivity index (χ0) is 26.5. The molecule has 0 aliphatic carbocycles. The van der Waals surface area contributed by atoms with Crippen LogP contribution >= 0.6 is 90.7 Å². The number of thiophene rings is 8. The third kappa shape index (κ3) is 4.86. The van der Waals surface area contributed by atoms with Crippen molar-refractivity contribution in [3.63, 3.8) is 0 Å². The molecule has 40 heavy (non-hydrogen) atoms. The van der Waals surface area contributed by atoms with E-state index in [0.29, 0.717) is 0 Å². The average molecular weight is 659 g/mol. The van der Waals surface area contributed by atoms with Crippen LogP contribution < -0.4 is 0 Å². The number of rotatable bonds is 7. The fraction of sp³-hybridized carbons (Fsp3) is 0. The first-order valence-corrected chi connectivity index (χ1v) is 19.2. The molecule has 0 unspecified atom stereocenters. The Labute approximate surface area is 264 Å². The Hall–Kier alpha value is -2.40. The third-order valence-electron chi connectivity index (χ3n) is 6.46. The second-order valence-corrected chi connectivity index (χ2v) is 17.1. The van der Waals surface area contributed by atoms with Crippen molar-refractivity contribution in [2.45, 2.75) is 0 Å². The minimum Gasteiger partial charge on any atom is -0.152 e. The van der Waals surface area contributed by atoms with Gasteiger partial charge in [0, 0.05) is 69.7 Å². The number of hydrogen-bond donors (Lipinski definition) is 0. The summed E-state index contributed by atoms with van der Waals surface area (Å²) in [6.45, 7) is 0. The molecule has 0 spiro atoms. The van der Waals surface area contributed by atoms with Gasteiger partial charge >= 0.3 is 0 Å². The van der Waals surface area contributed by atoms with E-state index in [1.165, 1.54) is 69.7 Å². The summed E-state index contributed by atoms with van der Waals surface area (Å²) in [4.78, 5) is 16.1. The van der Waals surface area contributed by atoms with Crippen LogP contribution in [0.1, 0.15) is 0 Å². The van der Waals surface area contributed by atoms with E-state index in [1.807, 2.05) is 68.0 Å². The molecule has 0 amide bonds. The van der Waals surface area contributed by atoms with E-state index in [9.17, 15) is 0 Å².